The minimum Gasteiger partial charge on any atom is -0.409 e. The van der Waals surface area contributed by atoms with Gasteiger partial charge in [0.2, 0.25) is 0 Å². The van der Waals surface area contributed by atoms with Crippen molar-refractivity contribution in [2.45, 2.75) is 25.3 Å². The lowest BCUT2D eigenvalue weighted by Crippen LogP contribution is -2.31. The van der Waals surface area contributed by atoms with Gasteiger partial charge in [-0.1, -0.05) is 16.8 Å². The van der Waals surface area contributed by atoms with Gasteiger partial charge in [0, 0.05) is 25.2 Å². The Hall–Kier alpha value is -1.56. The molecule has 3 N–H and O–H groups in total. The van der Waals surface area contributed by atoms with Crippen molar-refractivity contribution in [3.05, 3.63) is 23.1 Å². The van der Waals surface area contributed by atoms with Crippen molar-refractivity contribution in [3.63, 3.8) is 0 Å². The Morgan fingerprint density at radius 3 is 2.94 bits per heavy atom. The molecule has 1 aliphatic carbocycles. The number of aromatic nitrogens is 1. The van der Waals surface area contributed by atoms with E-state index in [9.17, 15) is 4.39 Å². The number of amidine groups is 1. The summed E-state index contributed by atoms with van der Waals surface area (Å²) in [6.45, 7) is 0.464. The first kappa shape index (κ1) is 12.9. The highest BCUT2D eigenvalue weighted by molar-refractivity contribution is 6.30. The molecule has 0 spiro atoms. The van der Waals surface area contributed by atoms with E-state index in [4.69, 9.17) is 22.5 Å². The largest absolute Gasteiger partial charge is 0.409 e. The summed E-state index contributed by atoms with van der Waals surface area (Å²) >= 11 is 5.67. The molecule has 1 heterocycles. The molecule has 2 rings (SSSR count). The Morgan fingerprint density at radius 1 is 1.67 bits per heavy atom. The third kappa shape index (κ3) is 3.01. The van der Waals surface area contributed by atoms with E-state index in [1.165, 1.54) is 12.3 Å². The molecule has 0 unspecified atom stereocenters. The van der Waals surface area contributed by atoms with Crippen molar-refractivity contribution in [1.29, 1.82) is 0 Å². The first-order chi connectivity index (χ1) is 8.61. The van der Waals surface area contributed by atoms with E-state index in [0.717, 1.165) is 12.8 Å². The van der Waals surface area contributed by atoms with Gasteiger partial charge in [0.1, 0.15) is 5.84 Å². The van der Waals surface area contributed by atoms with Crippen molar-refractivity contribution in [2.75, 3.05) is 11.4 Å². The second-order valence-electron chi connectivity index (χ2n) is 4.22. The van der Waals surface area contributed by atoms with Crippen LogP contribution in [0.3, 0.4) is 0 Å². The number of rotatable bonds is 5. The van der Waals surface area contributed by atoms with Crippen molar-refractivity contribution < 1.29 is 9.60 Å². The number of oxime groups is 1. The second-order valence-corrected chi connectivity index (χ2v) is 4.66. The Balaban J connectivity index is 2.14. The number of hydrogen-bond donors (Lipinski definition) is 2. The number of nitrogens with zero attached hydrogens (tertiary/aromatic N) is 3. The fourth-order valence-corrected chi connectivity index (χ4v) is 1.90. The number of hydrogen-bond acceptors (Lipinski definition) is 4. The molecule has 98 valence electrons. The second kappa shape index (κ2) is 5.39. The Kier molecular flexibility index (Phi) is 3.86. The summed E-state index contributed by atoms with van der Waals surface area (Å²) < 4.78 is 13.8. The van der Waals surface area contributed by atoms with Crippen LogP contribution in [0.5, 0.6) is 0 Å². The lowest BCUT2D eigenvalue weighted by Gasteiger charge is -2.23. The Bertz CT molecular complexity index is 464. The van der Waals surface area contributed by atoms with Crippen LogP contribution in [0.2, 0.25) is 5.02 Å². The van der Waals surface area contributed by atoms with E-state index in [1.54, 1.807) is 0 Å². The molecule has 5 nitrogen and oxygen atoms in total. The summed E-state index contributed by atoms with van der Waals surface area (Å²) in [5.74, 6) is -0.0587. The fraction of sp³-hybridized carbons (Fsp3) is 0.455. The molecule has 0 saturated heterocycles. The average molecular weight is 273 g/mol. The molecule has 1 saturated carbocycles. The lowest BCUT2D eigenvalue weighted by atomic mass is 10.3. The predicted octanol–water partition coefficient (Wildman–Crippen LogP) is 1.98. The molecule has 1 aliphatic rings. The van der Waals surface area contributed by atoms with E-state index < -0.39 is 5.82 Å². The number of pyridine rings is 1. The molecule has 0 amide bonds. The molecule has 1 aromatic rings. The molecule has 0 radical (unpaired) electrons. The van der Waals surface area contributed by atoms with E-state index in [1.807, 2.05) is 4.90 Å². The van der Waals surface area contributed by atoms with Gasteiger partial charge in [-0.3, -0.25) is 0 Å². The van der Waals surface area contributed by atoms with Crippen LogP contribution in [0.25, 0.3) is 0 Å². The first-order valence-electron chi connectivity index (χ1n) is 5.66. The van der Waals surface area contributed by atoms with Gasteiger partial charge in [-0.25, -0.2) is 9.37 Å². The molecule has 7 heteroatoms. The molecular formula is C11H14ClFN4O. The Morgan fingerprint density at radius 2 is 2.39 bits per heavy atom. The van der Waals surface area contributed by atoms with Crippen molar-refractivity contribution in [3.8, 4) is 0 Å². The smallest absolute Gasteiger partial charge is 0.167 e. The monoisotopic (exact) mass is 272 g/mol. The summed E-state index contributed by atoms with van der Waals surface area (Å²) in [7, 11) is 0. The fourth-order valence-electron chi connectivity index (χ4n) is 1.75. The van der Waals surface area contributed by atoms with Crippen LogP contribution in [0.4, 0.5) is 10.2 Å². The van der Waals surface area contributed by atoms with Crippen molar-refractivity contribution >= 4 is 23.3 Å². The SMILES string of the molecule is NC(CCN(c1ncc(Cl)cc1F)C1CC1)=NO. The van der Waals surface area contributed by atoms with Gasteiger partial charge in [-0.15, -0.1) is 0 Å². The zero-order chi connectivity index (χ0) is 13.1. The molecule has 1 fully saturated rings. The Labute approximate surface area is 109 Å². The highest BCUT2D eigenvalue weighted by Crippen LogP contribution is 2.32. The van der Waals surface area contributed by atoms with Crippen LogP contribution in [0.15, 0.2) is 17.4 Å². The predicted molar refractivity (Wildman–Crippen MR) is 67.6 cm³/mol. The molecular weight excluding hydrogens is 259 g/mol. The molecule has 1 aromatic heterocycles. The summed E-state index contributed by atoms with van der Waals surface area (Å²) in [6, 6.07) is 1.52. The standard InChI is InChI=1S/C11H14ClFN4O/c12-7-5-9(13)11(15-6-7)17(8-1-2-8)4-3-10(14)16-18/h5-6,8,18H,1-4H2,(H2,14,16). The summed E-state index contributed by atoms with van der Waals surface area (Å²) in [5, 5.41) is 11.7. The van der Waals surface area contributed by atoms with Crippen LogP contribution >= 0.6 is 11.6 Å². The number of halogens is 2. The zero-order valence-corrected chi connectivity index (χ0v) is 10.4. The van der Waals surface area contributed by atoms with Crippen LogP contribution in [0, 0.1) is 5.82 Å². The lowest BCUT2D eigenvalue weighted by molar-refractivity contribution is 0.317. The quantitative estimate of drug-likeness (QED) is 0.372. The van der Waals surface area contributed by atoms with E-state index in [2.05, 4.69) is 10.1 Å². The van der Waals surface area contributed by atoms with Gasteiger partial charge in [-0.2, -0.15) is 0 Å². The summed E-state index contributed by atoms with van der Waals surface area (Å²) in [6.07, 6.45) is 3.77. The molecule has 0 aliphatic heterocycles. The highest BCUT2D eigenvalue weighted by Gasteiger charge is 2.31. The number of nitrogens with two attached hydrogens (primary N) is 1. The van der Waals surface area contributed by atoms with Gasteiger partial charge < -0.3 is 15.8 Å². The molecule has 0 atom stereocenters. The summed E-state index contributed by atoms with van der Waals surface area (Å²) in [5.41, 5.74) is 5.42. The van der Waals surface area contributed by atoms with Gasteiger partial charge >= 0.3 is 0 Å². The summed E-state index contributed by atoms with van der Waals surface area (Å²) in [4.78, 5) is 5.86. The van der Waals surface area contributed by atoms with Crippen molar-refractivity contribution in [1.82, 2.24) is 4.98 Å². The maximum Gasteiger partial charge on any atom is 0.167 e. The van der Waals surface area contributed by atoms with E-state index in [-0.39, 0.29) is 22.7 Å². The van der Waals surface area contributed by atoms with Crippen LogP contribution in [-0.2, 0) is 0 Å². The third-order valence-corrected chi connectivity index (χ3v) is 2.99. The van der Waals surface area contributed by atoms with Crippen LogP contribution in [-0.4, -0.2) is 28.6 Å². The maximum atomic E-state index is 13.8. The zero-order valence-electron chi connectivity index (χ0n) is 9.68. The topological polar surface area (TPSA) is 74.7 Å². The van der Waals surface area contributed by atoms with Crippen LogP contribution < -0.4 is 10.6 Å². The normalized spacial score (nSPS) is 15.8. The maximum absolute atomic E-state index is 13.8. The van der Waals surface area contributed by atoms with E-state index >= 15 is 0 Å². The first-order valence-corrected chi connectivity index (χ1v) is 6.03. The van der Waals surface area contributed by atoms with Crippen LogP contribution in [0.1, 0.15) is 19.3 Å². The van der Waals surface area contributed by atoms with E-state index in [0.29, 0.717) is 13.0 Å². The number of anilines is 1. The minimum atomic E-state index is -0.450. The highest BCUT2D eigenvalue weighted by atomic mass is 35.5. The van der Waals surface area contributed by atoms with Crippen molar-refractivity contribution in [2.24, 2.45) is 10.9 Å². The third-order valence-electron chi connectivity index (χ3n) is 2.79. The minimum absolute atomic E-state index is 0.120. The van der Waals surface area contributed by atoms with Gasteiger partial charge in [0.05, 0.1) is 5.02 Å². The molecule has 0 bridgehead atoms. The molecule has 18 heavy (non-hydrogen) atoms. The van der Waals surface area contributed by atoms with Gasteiger partial charge in [0.25, 0.3) is 0 Å². The van der Waals surface area contributed by atoms with Gasteiger partial charge in [-0.05, 0) is 18.9 Å². The molecule has 0 aromatic carbocycles. The average Bonchev–Trinajstić information content (AvgIpc) is 3.15. The van der Waals surface area contributed by atoms with Gasteiger partial charge in [0.15, 0.2) is 11.6 Å².